The van der Waals surface area contributed by atoms with E-state index in [0.29, 0.717) is 12.0 Å². The van der Waals surface area contributed by atoms with Gasteiger partial charge < -0.3 is 10.5 Å². The van der Waals surface area contributed by atoms with Gasteiger partial charge in [-0.05, 0) is 29.5 Å². The van der Waals surface area contributed by atoms with E-state index in [9.17, 15) is 0 Å². The van der Waals surface area contributed by atoms with Gasteiger partial charge in [0.25, 0.3) is 0 Å². The van der Waals surface area contributed by atoms with Gasteiger partial charge in [0.15, 0.2) is 0 Å². The van der Waals surface area contributed by atoms with Crippen LogP contribution in [0.15, 0.2) is 24.3 Å². The van der Waals surface area contributed by atoms with Gasteiger partial charge in [-0.3, -0.25) is 0 Å². The van der Waals surface area contributed by atoms with E-state index in [-0.39, 0.29) is 6.10 Å². The van der Waals surface area contributed by atoms with Crippen LogP contribution in [0, 0.1) is 5.41 Å². The fourth-order valence-corrected chi connectivity index (χ4v) is 1.61. The summed E-state index contributed by atoms with van der Waals surface area (Å²) in [5.41, 5.74) is 7.11. The Labute approximate surface area is 109 Å². The first kappa shape index (κ1) is 14.5. The molecular formula is C14H22ClNO. The van der Waals surface area contributed by atoms with E-state index in [2.05, 4.69) is 20.8 Å². The summed E-state index contributed by atoms with van der Waals surface area (Å²) in [6.45, 7) is 7.84. The molecule has 96 valence electrons. The van der Waals surface area contributed by atoms with Crippen molar-refractivity contribution in [1.82, 2.24) is 0 Å². The first-order chi connectivity index (χ1) is 7.92. The Hall–Kier alpha value is -0.570. The van der Waals surface area contributed by atoms with E-state index >= 15 is 0 Å². The SMILES string of the molecule is CC(C)(C)CCOC(CN)c1ccc(Cl)cc1. The van der Waals surface area contributed by atoms with Crippen molar-refractivity contribution in [3.63, 3.8) is 0 Å². The molecule has 0 spiro atoms. The van der Waals surface area contributed by atoms with Gasteiger partial charge in [0.1, 0.15) is 0 Å². The Morgan fingerprint density at radius 1 is 1.24 bits per heavy atom. The minimum absolute atomic E-state index is 0.0328. The summed E-state index contributed by atoms with van der Waals surface area (Å²) in [6.07, 6.45) is 0.992. The summed E-state index contributed by atoms with van der Waals surface area (Å²) in [5, 5.41) is 0.735. The van der Waals surface area contributed by atoms with Gasteiger partial charge in [0.2, 0.25) is 0 Å². The lowest BCUT2D eigenvalue weighted by Gasteiger charge is -2.21. The second-order valence-electron chi connectivity index (χ2n) is 5.46. The van der Waals surface area contributed by atoms with Gasteiger partial charge in [-0.1, -0.05) is 44.5 Å². The largest absolute Gasteiger partial charge is 0.372 e. The first-order valence-corrected chi connectivity index (χ1v) is 6.37. The van der Waals surface area contributed by atoms with Crippen LogP contribution in [0.3, 0.4) is 0 Å². The fraction of sp³-hybridized carbons (Fsp3) is 0.571. The van der Waals surface area contributed by atoms with Gasteiger partial charge in [-0.25, -0.2) is 0 Å². The molecule has 0 bridgehead atoms. The van der Waals surface area contributed by atoms with Crippen molar-refractivity contribution in [3.05, 3.63) is 34.9 Å². The summed E-state index contributed by atoms with van der Waals surface area (Å²) in [4.78, 5) is 0. The number of hydrogen-bond donors (Lipinski definition) is 1. The maximum atomic E-state index is 5.85. The number of benzene rings is 1. The maximum absolute atomic E-state index is 5.85. The average Bonchev–Trinajstić information content (AvgIpc) is 2.24. The molecule has 0 aliphatic heterocycles. The Bertz CT molecular complexity index is 329. The fourth-order valence-electron chi connectivity index (χ4n) is 1.49. The van der Waals surface area contributed by atoms with Crippen molar-refractivity contribution in [2.75, 3.05) is 13.2 Å². The zero-order chi connectivity index (χ0) is 12.9. The molecule has 0 amide bonds. The predicted molar refractivity (Wildman–Crippen MR) is 73.3 cm³/mol. The second kappa shape index (κ2) is 6.39. The molecule has 2 N–H and O–H groups in total. The number of nitrogens with two attached hydrogens (primary N) is 1. The third-order valence-corrected chi connectivity index (χ3v) is 2.88. The van der Waals surface area contributed by atoms with E-state index in [1.165, 1.54) is 0 Å². The molecule has 1 aromatic rings. The molecule has 0 aliphatic carbocycles. The van der Waals surface area contributed by atoms with E-state index in [4.69, 9.17) is 22.1 Å². The monoisotopic (exact) mass is 255 g/mol. The van der Waals surface area contributed by atoms with Crippen molar-refractivity contribution >= 4 is 11.6 Å². The van der Waals surface area contributed by atoms with E-state index in [1.54, 1.807) is 0 Å². The molecule has 2 nitrogen and oxygen atoms in total. The average molecular weight is 256 g/mol. The molecule has 0 fully saturated rings. The molecule has 17 heavy (non-hydrogen) atoms. The van der Waals surface area contributed by atoms with Crippen molar-refractivity contribution in [1.29, 1.82) is 0 Å². The molecule has 1 unspecified atom stereocenters. The van der Waals surface area contributed by atoms with Crippen LogP contribution in [0.4, 0.5) is 0 Å². The summed E-state index contributed by atoms with van der Waals surface area (Å²) in [5.74, 6) is 0. The third-order valence-electron chi connectivity index (χ3n) is 2.63. The summed E-state index contributed by atoms with van der Waals surface area (Å²) < 4.78 is 5.83. The lowest BCUT2D eigenvalue weighted by atomic mass is 9.93. The van der Waals surface area contributed by atoms with Crippen molar-refractivity contribution < 1.29 is 4.74 Å². The molecule has 1 atom stereocenters. The zero-order valence-corrected chi connectivity index (χ0v) is 11.6. The first-order valence-electron chi connectivity index (χ1n) is 5.99. The van der Waals surface area contributed by atoms with Crippen LogP contribution in [-0.2, 0) is 4.74 Å². The summed E-state index contributed by atoms with van der Waals surface area (Å²) in [7, 11) is 0. The van der Waals surface area contributed by atoms with Crippen LogP contribution < -0.4 is 5.73 Å². The molecule has 0 saturated heterocycles. The minimum atomic E-state index is -0.0328. The quantitative estimate of drug-likeness (QED) is 0.869. The highest BCUT2D eigenvalue weighted by Crippen LogP contribution is 2.22. The zero-order valence-electron chi connectivity index (χ0n) is 10.9. The van der Waals surface area contributed by atoms with Crippen molar-refractivity contribution in [2.24, 2.45) is 11.1 Å². The van der Waals surface area contributed by atoms with Gasteiger partial charge >= 0.3 is 0 Å². The number of hydrogen-bond acceptors (Lipinski definition) is 2. The molecule has 0 aliphatic rings. The van der Waals surface area contributed by atoms with Crippen LogP contribution in [-0.4, -0.2) is 13.2 Å². The van der Waals surface area contributed by atoms with Crippen LogP contribution in [0.25, 0.3) is 0 Å². The predicted octanol–water partition coefficient (Wildman–Crippen LogP) is 3.79. The normalized spacial score (nSPS) is 13.7. The summed E-state index contributed by atoms with van der Waals surface area (Å²) in [6, 6.07) is 7.67. The molecule has 0 saturated carbocycles. The van der Waals surface area contributed by atoms with E-state index in [0.717, 1.165) is 23.6 Å². The number of ether oxygens (including phenoxy) is 1. The highest BCUT2D eigenvalue weighted by Gasteiger charge is 2.13. The minimum Gasteiger partial charge on any atom is -0.372 e. The van der Waals surface area contributed by atoms with Crippen molar-refractivity contribution in [3.8, 4) is 0 Å². The summed E-state index contributed by atoms with van der Waals surface area (Å²) >= 11 is 5.85. The maximum Gasteiger partial charge on any atom is 0.0947 e. The van der Waals surface area contributed by atoms with E-state index in [1.807, 2.05) is 24.3 Å². The highest BCUT2D eigenvalue weighted by molar-refractivity contribution is 6.30. The standard InChI is InChI=1S/C14H22ClNO/c1-14(2,3)8-9-17-13(10-16)11-4-6-12(15)7-5-11/h4-7,13H,8-10,16H2,1-3H3. The van der Waals surface area contributed by atoms with Gasteiger partial charge in [-0.2, -0.15) is 0 Å². The molecule has 1 aromatic carbocycles. The van der Waals surface area contributed by atoms with E-state index < -0.39 is 0 Å². The highest BCUT2D eigenvalue weighted by atomic mass is 35.5. The third kappa shape index (κ3) is 5.53. The topological polar surface area (TPSA) is 35.2 Å². The lowest BCUT2D eigenvalue weighted by Crippen LogP contribution is -2.18. The smallest absolute Gasteiger partial charge is 0.0947 e. The molecule has 3 heteroatoms. The van der Waals surface area contributed by atoms with Gasteiger partial charge in [0.05, 0.1) is 6.10 Å². The Kier molecular flexibility index (Phi) is 5.44. The van der Waals surface area contributed by atoms with Crippen molar-refractivity contribution in [2.45, 2.75) is 33.3 Å². The van der Waals surface area contributed by atoms with Crippen LogP contribution >= 0.6 is 11.6 Å². The molecule has 0 radical (unpaired) electrons. The molecular weight excluding hydrogens is 234 g/mol. The molecule has 1 rings (SSSR count). The Morgan fingerprint density at radius 2 is 1.82 bits per heavy atom. The van der Waals surface area contributed by atoms with Crippen LogP contribution in [0.1, 0.15) is 38.9 Å². The number of rotatable bonds is 5. The van der Waals surface area contributed by atoms with Gasteiger partial charge in [0, 0.05) is 18.2 Å². The number of halogens is 1. The van der Waals surface area contributed by atoms with Crippen LogP contribution in [0.5, 0.6) is 0 Å². The molecule has 0 heterocycles. The Morgan fingerprint density at radius 3 is 2.29 bits per heavy atom. The second-order valence-corrected chi connectivity index (χ2v) is 5.89. The lowest BCUT2D eigenvalue weighted by molar-refractivity contribution is 0.0422. The van der Waals surface area contributed by atoms with Gasteiger partial charge in [-0.15, -0.1) is 0 Å². The van der Waals surface area contributed by atoms with Crippen LogP contribution in [0.2, 0.25) is 5.02 Å². The Balaban J connectivity index is 2.51. The molecule has 0 aromatic heterocycles.